The summed E-state index contributed by atoms with van der Waals surface area (Å²) in [5.74, 6) is -0.772. The smallest absolute Gasteiger partial charge is 0.262 e. The number of amides is 1. The highest BCUT2D eigenvalue weighted by atomic mass is 32.2. The van der Waals surface area contributed by atoms with Gasteiger partial charge < -0.3 is 5.32 Å². The van der Waals surface area contributed by atoms with Crippen LogP contribution in [0.4, 0.5) is 10.1 Å². The van der Waals surface area contributed by atoms with Gasteiger partial charge in [-0.05, 0) is 67.8 Å². The fraction of sp³-hybridized carbons (Fsp3) is 0.174. The number of aryl methyl sites for hydroxylation is 2. The Balaban J connectivity index is 1.84. The lowest BCUT2D eigenvalue weighted by atomic mass is 10.1. The number of carbonyl (C=O) groups excluding carboxylic acids is 1. The highest BCUT2D eigenvalue weighted by molar-refractivity contribution is 7.92. The lowest BCUT2D eigenvalue weighted by molar-refractivity contribution is 0.0939. The number of benzene rings is 3. The summed E-state index contributed by atoms with van der Waals surface area (Å²) in [4.78, 5) is 12.7. The van der Waals surface area contributed by atoms with Gasteiger partial charge in [-0.2, -0.15) is 0 Å². The van der Waals surface area contributed by atoms with E-state index in [2.05, 4.69) is 10.0 Å². The van der Waals surface area contributed by atoms with Gasteiger partial charge in [-0.25, -0.2) is 12.8 Å². The molecule has 0 saturated carbocycles. The quantitative estimate of drug-likeness (QED) is 0.598. The minimum absolute atomic E-state index is 0.0350. The van der Waals surface area contributed by atoms with Gasteiger partial charge >= 0.3 is 0 Å². The van der Waals surface area contributed by atoms with Crippen molar-refractivity contribution in [2.75, 3.05) is 4.72 Å². The van der Waals surface area contributed by atoms with E-state index in [1.54, 1.807) is 50.2 Å². The first kappa shape index (κ1) is 21.5. The Morgan fingerprint density at radius 3 is 2.27 bits per heavy atom. The molecule has 0 spiro atoms. The molecule has 0 aromatic heterocycles. The van der Waals surface area contributed by atoms with Gasteiger partial charge in [0.15, 0.2) is 0 Å². The molecule has 1 unspecified atom stereocenters. The van der Waals surface area contributed by atoms with E-state index in [9.17, 15) is 17.6 Å². The van der Waals surface area contributed by atoms with Gasteiger partial charge in [-0.1, -0.05) is 36.4 Å². The average molecular weight is 427 g/mol. The molecular weight excluding hydrogens is 403 g/mol. The first-order valence-electron chi connectivity index (χ1n) is 9.43. The first-order chi connectivity index (χ1) is 14.2. The van der Waals surface area contributed by atoms with Crippen molar-refractivity contribution in [1.82, 2.24) is 5.32 Å². The molecule has 156 valence electrons. The van der Waals surface area contributed by atoms with Gasteiger partial charge in [0.1, 0.15) is 5.82 Å². The Morgan fingerprint density at radius 2 is 1.60 bits per heavy atom. The van der Waals surface area contributed by atoms with Crippen LogP contribution in [0, 0.1) is 19.7 Å². The number of para-hydroxylation sites is 1. The molecule has 0 fully saturated rings. The van der Waals surface area contributed by atoms with Crippen molar-refractivity contribution in [3.63, 3.8) is 0 Å². The maximum Gasteiger partial charge on any atom is 0.262 e. The van der Waals surface area contributed by atoms with Gasteiger partial charge in [-0.15, -0.1) is 0 Å². The normalized spacial score (nSPS) is 12.3. The van der Waals surface area contributed by atoms with Crippen LogP contribution in [-0.2, 0) is 10.0 Å². The zero-order valence-electron chi connectivity index (χ0n) is 16.9. The van der Waals surface area contributed by atoms with Crippen molar-refractivity contribution >= 4 is 21.6 Å². The van der Waals surface area contributed by atoms with Gasteiger partial charge in [0.25, 0.3) is 15.9 Å². The molecule has 5 nitrogen and oxygen atoms in total. The highest BCUT2D eigenvalue weighted by Gasteiger charge is 2.21. The van der Waals surface area contributed by atoms with E-state index in [4.69, 9.17) is 0 Å². The molecule has 3 rings (SSSR count). The van der Waals surface area contributed by atoms with Gasteiger partial charge in [0, 0.05) is 5.56 Å². The van der Waals surface area contributed by atoms with Crippen molar-refractivity contribution in [3.8, 4) is 0 Å². The predicted octanol–water partition coefficient (Wildman–Crippen LogP) is 4.73. The van der Waals surface area contributed by atoms with Crippen molar-refractivity contribution in [2.45, 2.75) is 31.7 Å². The number of rotatable bonds is 6. The van der Waals surface area contributed by atoms with Crippen molar-refractivity contribution in [3.05, 3.63) is 94.8 Å². The molecule has 0 aliphatic carbocycles. The second-order valence-corrected chi connectivity index (χ2v) is 8.80. The van der Waals surface area contributed by atoms with Crippen LogP contribution < -0.4 is 10.0 Å². The van der Waals surface area contributed by atoms with Crippen molar-refractivity contribution in [1.29, 1.82) is 0 Å². The van der Waals surface area contributed by atoms with Crippen LogP contribution in [0.25, 0.3) is 0 Å². The summed E-state index contributed by atoms with van der Waals surface area (Å²) in [6, 6.07) is 17.1. The molecule has 0 aliphatic heterocycles. The SMILES string of the molecule is Cc1ccccc1NS(=O)(=O)c1cc(C(=O)NC(C)c2ccc(F)cc2)ccc1C. The molecule has 0 bridgehead atoms. The Kier molecular flexibility index (Phi) is 6.22. The van der Waals surface area contributed by atoms with E-state index in [0.29, 0.717) is 11.3 Å². The molecule has 3 aromatic rings. The van der Waals surface area contributed by atoms with E-state index in [0.717, 1.165) is 11.1 Å². The van der Waals surface area contributed by atoms with E-state index < -0.39 is 15.9 Å². The molecule has 30 heavy (non-hydrogen) atoms. The number of hydrogen-bond acceptors (Lipinski definition) is 3. The largest absolute Gasteiger partial charge is 0.346 e. The molecule has 2 N–H and O–H groups in total. The fourth-order valence-electron chi connectivity index (χ4n) is 3.03. The number of halogens is 1. The minimum Gasteiger partial charge on any atom is -0.346 e. The first-order valence-corrected chi connectivity index (χ1v) is 10.9. The van der Waals surface area contributed by atoms with Gasteiger partial charge in [0.05, 0.1) is 16.6 Å². The van der Waals surface area contributed by atoms with Crippen molar-refractivity contribution in [2.24, 2.45) is 0 Å². The third-order valence-corrected chi connectivity index (χ3v) is 6.35. The Labute approximate surface area is 176 Å². The zero-order valence-corrected chi connectivity index (χ0v) is 17.8. The lowest BCUT2D eigenvalue weighted by Crippen LogP contribution is -2.27. The van der Waals surface area contributed by atoms with Gasteiger partial charge in [0.2, 0.25) is 0 Å². The Bertz CT molecular complexity index is 1180. The van der Waals surface area contributed by atoms with Crippen LogP contribution in [0.1, 0.15) is 40.0 Å². The minimum atomic E-state index is -3.88. The summed E-state index contributed by atoms with van der Waals surface area (Å²) in [6.07, 6.45) is 0. The molecule has 0 saturated heterocycles. The van der Waals surface area contributed by atoms with Crippen LogP contribution in [0.3, 0.4) is 0 Å². The van der Waals surface area contributed by atoms with Crippen LogP contribution in [0.15, 0.2) is 71.6 Å². The van der Waals surface area contributed by atoms with Crippen LogP contribution in [0.5, 0.6) is 0 Å². The summed E-state index contributed by atoms with van der Waals surface area (Å²) in [5.41, 5.74) is 2.77. The number of anilines is 1. The van der Waals surface area contributed by atoms with E-state index in [1.807, 2.05) is 19.1 Å². The summed E-state index contributed by atoms with van der Waals surface area (Å²) in [6.45, 7) is 5.26. The molecule has 7 heteroatoms. The van der Waals surface area contributed by atoms with Crippen LogP contribution in [0.2, 0.25) is 0 Å². The number of nitrogens with one attached hydrogen (secondary N) is 2. The third kappa shape index (κ3) is 4.86. The molecule has 0 aliphatic rings. The topological polar surface area (TPSA) is 75.3 Å². The highest BCUT2D eigenvalue weighted by Crippen LogP contribution is 2.23. The molecule has 0 radical (unpaired) electrons. The second-order valence-electron chi connectivity index (χ2n) is 7.15. The van der Waals surface area contributed by atoms with E-state index >= 15 is 0 Å². The number of sulfonamides is 1. The van der Waals surface area contributed by atoms with Crippen LogP contribution in [-0.4, -0.2) is 14.3 Å². The molecule has 1 atom stereocenters. The van der Waals surface area contributed by atoms with E-state index in [1.165, 1.54) is 18.2 Å². The third-order valence-electron chi connectivity index (χ3n) is 4.85. The maximum atomic E-state index is 13.1. The number of hydrogen-bond donors (Lipinski definition) is 2. The monoisotopic (exact) mass is 426 g/mol. The summed E-state index contributed by atoms with van der Waals surface area (Å²) < 4.78 is 41.6. The second kappa shape index (κ2) is 8.67. The van der Waals surface area contributed by atoms with Crippen molar-refractivity contribution < 1.29 is 17.6 Å². The standard InChI is InChI=1S/C23H23FN2O3S/c1-15-6-4-5-7-21(15)26-30(28,29)22-14-19(9-8-16(22)2)23(27)25-17(3)18-10-12-20(24)13-11-18/h4-14,17,26H,1-3H3,(H,25,27). The fourth-order valence-corrected chi connectivity index (χ4v) is 4.44. The molecule has 0 heterocycles. The summed E-state index contributed by atoms with van der Waals surface area (Å²) in [7, 11) is -3.88. The Hall–Kier alpha value is -3.19. The van der Waals surface area contributed by atoms with E-state index in [-0.39, 0.29) is 22.3 Å². The summed E-state index contributed by atoms with van der Waals surface area (Å²) >= 11 is 0. The molecular formula is C23H23FN2O3S. The zero-order chi connectivity index (χ0) is 21.9. The van der Waals surface area contributed by atoms with Gasteiger partial charge in [-0.3, -0.25) is 9.52 Å². The average Bonchev–Trinajstić information content (AvgIpc) is 2.70. The lowest BCUT2D eigenvalue weighted by Gasteiger charge is -2.16. The predicted molar refractivity (Wildman–Crippen MR) is 115 cm³/mol. The molecule has 3 aromatic carbocycles. The molecule has 1 amide bonds. The maximum absolute atomic E-state index is 13.1. The summed E-state index contributed by atoms with van der Waals surface area (Å²) in [5, 5.41) is 2.81. The number of carbonyl (C=O) groups is 1. The Morgan fingerprint density at radius 1 is 0.933 bits per heavy atom. The van der Waals surface area contributed by atoms with Crippen LogP contribution >= 0.6 is 0 Å².